The minimum absolute atomic E-state index is 0.275. The normalized spacial score (nSPS) is 17.0. The fourth-order valence-corrected chi connectivity index (χ4v) is 2.33. The van der Waals surface area contributed by atoms with E-state index in [-0.39, 0.29) is 5.95 Å². The molecule has 22 heavy (non-hydrogen) atoms. The molecule has 1 aromatic heterocycles. The second-order valence-corrected chi connectivity index (χ2v) is 5.43. The van der Waals surface area contributed by atoms with E-state index >= 15 is 0 Å². The molecule has 6 nitrogen and oxygen atoms in total. The van der Waals surface area contributed by atoms with E-state index in [2.05, 4.69) is 44.7 Å². The average molecular weight is 302 g/mol. The van der Waals surface area contributed by atoms with Crippen molar-refractivity contribution >= 4 is 11.8 Å². The Morgan fingerprint density at radius 1 is 1.45 bits per heavy atom. The van der Waals surface area contributed by atoms with Crippen LogP contribution in [0.1, 0.15) is 44.6 Å². The lowest BCUT2D eigenvalue weighted by atomic mass is 10.2. The zero-order valence-electron chi connectivity index (χ0n) is 13.3. The Labute approximate surface area is 132 Å². The van der Waals surface area contributed by atoms with Crippen LogP contribution in [-0.4, -0.2) is 35.8 Å². The van der Waals surface area contributed by atoms with Gasteiger partial charge in [0.1, 0.15) is 5.82 Å². The highest BCUT2D eigenvalue weighted by Gasteiger charge is 2.11. The molecule has 1 aliphatic rings. The fraction of sp³-hybridized carbons (Fsp3) is 0.625. The molecule has 1 aromatic rings. The largest absolute Gasteiger partial charge is 0.369 e. The number of nitrogen functional groups attached to an aromatic ring is 1. The van der Waals surface area contributed by atoms with Gasteiger partial charge in [-0.05, 0) is 38.8 Å². The Kier molecular flexibility index (Phi) is 6.94. The zero-order valence-corrected chi connectivity index (χ0v) is 13.3. The molecule has 0 amide bonds. The van der Waals surface area contributed by atoms with Gasteiger partial charge in [-0.2, -0.15) is 4.98 Å². The maximum absolute atomic E-state index is 5.63. The van der Waals surface area contributed by atoms with Gasteiger partial charge in [0.05, 0.1) is 17.9 Å². The van der Waals surface area contributed by atoms with E-state index in [0.717, 1.165) is 50.3 Å². The number of unbranched alkanes of at least 4 members (excludes halogenated alkanes) is 1. The van der Waals surface area contributed by atoms with Crippen LogP contribution < -0.4 is 21.7 Å². The lowest BCUT2D eigenvalue weighted by Crippen LogP contribution is -2.37. The molecule has 6 heteroatoms. The Balaban J connectivity index is 1.77. The Morgan fingerprint density at radius 2 is 2.36 bits per heavy atom. The summed E-state index contributed by atoms with van der Waals surface area (Å²) in [4.78, 5) is 8.23. The lowest BCUT2D eigenvalue weighted by molar-refractivity contribution is 0.479. The number of rotatable bonds is 7. The van der Waals surface area contributed by atoms with E-state index < -0.39 is 0 Å². The first-order valence-corrected chi connectivity index (χ1v) is 8.11. The Bertz CT molecular complexity index is 513. The zero-order chi connectivity index (χ0) is 15.6. The molecule has 0 aliphatic carbocycles. The Morgan fingerprint density at radius 3 is 3.14 bits per heavy atom. The molecule has 1 saturated heterocycles. The van der Waals surface area contributed by atoms with Crippen LogP contribution in [0.2, 0.25) is 0 Å². The summed E-state index contributed by atoms with van der Waals surface area (Å²) in [5, 5.41) is 10.2. The number of aromatic nitrogens is 2. The standard InChI is InChI=1S/C16H26N6/c1-2-9-20-15-13(12-21-16(17)22-15)7-4-3-5-10-18-14-8-6-11-19-14/h12,14,18-19H,2-3,5-6,8-11H2,1H3,(H3,17,20,21,22). The quantitative estimate of drug-likeness (QED) is 0.449. The van der Waals surface area contributed by atoms with Gasteiger partial charge in [0.2, 0.25) is 5.95 Å². The summed E-state index contributed by atoms with van der Waals surface area (Å²) < 4.78 is 0. The van der Waals surface area contributed by atoms with E-state index in [1.165, 1.54) is 12.8 Å². The second-order valence-electron chi connectivity index (χ2n) is 5.43. The summed E-state index contributed by atoms with van der Waals surface area (Å²) in [5.41, 5.74) is 6.44. The van der Waals surface area contributed by atoms with Crippen molar-refractivity contribution in [2.24, 2.45) is 0 Å². The van der Waals surface area contributed by atoms with Gasteiger partial charge < -0.3 is 21.7 Å². The molecule has 0 saturated carbocycles. The number of nitrogens with two attached hydrogens (primary N) is 1. The third-order valence-electron chi connectivity index (χ3n) is 3.50. The molecule has 0 aromatic carbocycles. The van der Waals surface area contributed by atoms with Crippen molar-refractivity contribution in [3.63, 3.8) is 0 Å². The van der Waals surface area contributed by atoms with Crippen LogP contribution >= 0.6 is 0 Å². The molecule has 120 valence electrons. The summed E-state index contributed by atoms with van der Waals surface area (Å²) >= 11 is 0. The second kappa shape index (κ2) is 9.23. The van der Waals surface area contributed by atoms with Crippen molar-refractivity contribution in [2.75, 3.05) is 30.7 Å². The highest BCUT2D eigenvalue weighted by molar-refractivity contribution is 5.54. The summed E-state index contributed by atoms with van der Waals surface area (Å²) in [6, 6.07) is 0. The lowest BCUT2D eigenvalue weighted by Gasteiger charge is -2.11. The number of anilines is 2. The highest BCUT2D eigenvalue weighted by Crippen LogP contribution is 2.11. The van der Waals surface area contributed by atoms with Crippen LogP contribution in [0.3, 0.4) is 0 Å². The molecule has 2 heterocycles. The Hall–Kier alpha value is -1.84. The molecular formula is C16H26N6. The van der Waals surface area contributed by atoms with Crippen molar-refractivity contribution < 1.29 is 0 Å². The summed E-state index contributed by atoms with van der Waals surface area (Å²) in [7, 11) is 0. The van der Waals surface area contributed by atoms with Gasteiger partial charge in [-0.1, -0.05) is 18.8 Å². The van der Waals surface area contributed by atoms with E-state index in [0.29, 0.717) is 6.17 Å². The van der Waals surface area contributed by atoms with Gasteiger partial charge in [0.25, 0.3) is 0 Å². The molecule has 5 N–H and O–H groups in total. The smallest absolute Gasteiger partial charge is 0.222 e. The van der Waals surface area contributed by atoms with Crippen LogP contribution in [-0.2, 0) is 0 Å². The van der Waals surface area contributed by atoms with E-state index in [4.69, 9.17) is 5.73 Å². The summed E-state index contributed by atoms with van der Waals surface area (Å²) in [6.45, 7) is 5.08. The number of nitrogens with one attached hydrogen (secondary N) is 3. The molecule has 1 atom stereocenters. The first-order chi connectivity index (χ1) is 10.8. The molecule has 1 fully saturated rings. The van der Waals surface area contributed by atoms with Gasteiger partial charge in [-0.15, -0.1) is 0 Å². The van der Waals surface area contributed by atoms with Crippen molar-refractivity contribution in [3.8, 4) is 11.8 Å². The van der Waals surface area contributed by atoms with Crippen molar-refractivity contribution in [1.29, 1.82) is 0 Å². The van der Waals surface area contributed by atoms with Crippen LogP contribution in [0.4, 0.5) is 11.8 Å². The SMILES string of the molecule is CCCNc1nc(N)ncc1C#CCCCNC1CCCN1. The van der Waals surface area contributed by atoms with E-state index in [1.807, 2.05) is 0 Å². The van der Waals surface area contributed by atoms with Gasteiger partial charge in [-0.3, -0.25) is 0 Å². The minimum atomic E-state index is 0.275. The van der Waals surface area contributed by atoms with Crippen molar-refractivity contribution in [2.45, 2.75) is 45.2 Å². The third-order valence-corrected chi connectivity index (χ3v) is 3.50. The first kappa shape index (κ1) is 16.5. The molecular weight excluding hydrogens is 276 g/mol. The van der Waals surface area contributed by atoms with Gasteiger partial charge in [-0.25, -0.2) is 4.98 Å². The maximum atomic E-state index is 5.63. The number of hydrogen-bond acceptors (Lipinski definition) is 6. The van der Waals surface area contributed by atoms with Gasteiger partial charge >= 0.3 is 0 Å². The topological polar surface area (TPSA) is 87.9 Å². The average Bonchev–Trinajstić information content (AvgIpc) is 3.03. The van der Waals surface area contributed by atoms with Crippen molar-refractivity contribution in [1.82, 2.24) is 20.6 Å². The summed E-state index contributed by atoms with van der Waals surface area (Å²) in [6.07, 6.45) is 7.59. The van der Waals surface area contributed by atoms with E-state index in [1.54, 1.807) is 6.20 Å². The molecule has 1 aliphatic heterocycles. The first-order valence-electron chi connectivity index (χ1n) is 8.11. The molecule has 2 rings (SSSR count). The van der Waals surface area contributed by atoms with Gasteiger partial charge in [0.15, 0.2) is 0 Å². The molecule has 0 radical (unpaired) electrons. The fourth-order valence-electron chi connectivity index (χ4n) is 2.33. The number of hydrogen-bond donors (Lipinski definition) is 4. The van der Waals surface area contributed by atoms with E-state index in [9.17, 15) is 0 Å². The van der Waals surface area contributed by atoms with Gasteiger partial charge in [0, 0.05) is 13.0 Å². The van der Waals surface area contributed by atoms with Crippen molar-refractivity contribution in [3.05, 3.63) is 11.8 Å². The molecule has 0 spiro atoms. The highest BCUT2D eigenvalue weighted by atomic mass is 15.1. The third kappa shape index (κ3) is 5.51. The van der Waals surface area contributed by atoms with Crippen LogP contribution in [0, 0.1) is 11.8 Å². The minimum Gasteiger partial charge on any atom is -0.369 e. The monoisotopic (exact) mass is 302 g/mol. The molecule has 1 unspecified atom stereocenters. The molecule has 0 bridgehead atoms. The maximum Gasteiger partial charge on any atom is 0.222 e. The van der Waals surface area contributed by atoms with Crippen LogP contribution in [0.15, 0.2) is 6.20 Å². The predicted octanol–water partition coefficient (Wildman–Crippen LogP) is 1.31. The van der Waals surface area contributed by atoms with Crippen LogP contribution in [0.25, 0.3) is 0 Å². The van der Waals surface area contributed by atoms with Crippen LogP contribution in [0.5, 0.6) is 0 Å². The number of nitrogens with zero attached hydrogens (tertiary/aromatic N) is 2. The predicted molar refractivity (Wildman–Crippen MR) is 90.4 cm³/mol. The summed E-state index contributed by atoms with van der Waals surface area (Å²) in [5.74, 6) is 7.34.